The number of fused-ring (bicyclic) bond motifs is 1. The van der Waals surface area contributed by atoms with Crippen molar-refractivity contribution in [3.63, 3.8) is 0 Å². The highest BCUT2D eigenvalue weighted by Gasteiger charge is 2.59. The van der Waals surface area contributed by atoms with Gasteiger partial charge in [0.25, 0.3) is 0 Å². The summed E-state index contributed by atoms with van der Waals surface area (Å²) in [5, 5.41) is 39.9. The van der Waals surface area contributed by atoms with E-state index in [9.17, 15) is 15.3 Å². The van der Waals surface area contributed by atoms with E-state index in [4.69, 9.17) is 32.8 Å². The van der Waals surface area contributed by atoms with Crippen molar-refractivity contribution in [1.82, 2.24) is 10.2 Å². The highest BCUT2D eigenvalue weighted by Crippen LogP contribution is 2.42. The Morgan fingerprint density at radius 3 is 2.83 bits per heavy atom. The molecule has 4 N–H and O–H groups in total. The van der Waals surface area contributed by atoms with E-state index >= 15 is 0 Å². The van der Waals surface area contributed by atoms with Gasteiger partial charge in [0, 0.05) is 11.9 Å². The van der Waals surface area contributed by atoms with E-state index < -0.39 is 30.1 Å². The molecule has 0 radical (unpaired) electrons. The lowest BCUT2D eigenvalue weighted by molar-refractivity contribution is -0.143. The van der Waals surface area contributed by atoms with Gasteiger partial charge in [-0.15, -0.1) is 23.2 Å². The number of aliphatic hydroxyl groups excluding tert-OH is 2. The van der Waals surface area contributed by atoms with E-state index in [0.717, 1.165) is 6.42 Å². The molecule has 0 bridgehead atoms. The highest BCUT2D eigenvalue weighted by molar-refractivity contribution is 6.30. The van der Waals surface area contributed by atoms with Crippen LogP contribution in [0.1, 0.15) is 32.6 Å². The number of hydrogen-bond acceptors (Lipinski definition) is 8. The molecule has 5 unspecified atom stereocenters. The van der Waals surface area contributed by atoms with Crippen molar-refractivity contribution in [2.24, 2.45) is 22.0 Å². The summed E-state index contributed by atoms with van der Waals surface area (Å²) in [6.07, 6.45) is 0.123. The minimum atomic E-state index is -1.62. The standard InChI is InChI=1S/C19H30Cl2N4O5/c1-19(28)14(27)18(25-6-5-10-16(24-29-2)22-8-23-17(10)25)30-15(19)13(26)9-3-4-11(20)12(21)7-9/h8-15,17-18,26-28H,3-7H2,1-2H3,(H,22,23,24)/t9?,10?,11?,12?,13-,14+,15-,17?,18-,19+/m1/s1. The zero-order chi connectivity index (χ0) is 21.6. The summed E-state index contributed by atoms with van der Waals surface area (Å²) in [6, 6.07) is 0. The molecule has 11 heteroatoms. The molecular formula is C19H30Cl2N4O5. The van der Waals surface area contributed by atoms with Crippen molar-refractivity contribution in [3.8, 4) is 0 Å². The molecule has 0 aromatic carbocycles. The number of ether oxygens (including phenoxy) is 1. The number of nitrogens with zero attached hydrogens (tertiary/aromatic N) is 3. The van der Waals surface area contributed by atoms with Crippen LogP contribution in [0.2, 0.25) is 0 Å². The molecular weight excluding hydrogens is 435 g/mol. The van der Waals surface area contributed by atoms with E-state index in [0.29, 0.717) is 31.6 Å². The molecule has 4 aliphatic rings. The quantitative estimate of drug-likeness (QED) is 0.352. The number of nitrogens with one attached hydrogen (secondary N) is 1. The third-order valence-electron chi connectivity index (χ3n) is 6.98. The first-order valence-corrected chi connectivity index (χ1v) is 11.3. The van der Waals surface area contributed by atoms with Crippen molar-refractivity contribution in [1.29, 1.82) is 0 Å². The minimum Gasteiger partial charge on any atom is -0.398 e. The van der Waals surface area contributed by atoms with Crippen LogP contribution in [-0.4, -0.2) is 93.1 Å². The van der Waals surface area contributed by atoms with Crippen molar-refractivity contribution in [3.05, 3.63) is 0 Å². The number of oxime groups is 1. The second-order valence-electron chi connectivity index (χ2n) is 8.85. The Bertz CT molecular complexity index is 696. The van der Waals surface area contributed by atoms with Gasteiger partial charge < -0.3 is 30.2 Å². The van der Waals surface area contributed by atoms with Gasteiger partial charge in [-0.2, -0.15) is 0 Å². The summed E-state index contributed by atoms with van der Waals surface area (Å²) in [6.45, 7) is 2.12. The normalized spacial score (nSPS) is 49.1. The third kappa shape index (κ3) is 3.83. The SMILES string of the molecule is CO/N=C1/N=CNC2C1CCN2[C@@H]1O[C@H]([C@H](O)C2CCC(Cl)C(Cl)C2)[C@@](C)(O)[C@H]1O. The van der Waals surface area contributed by atoms with Crippen LogP contribution in [0.15, 0.2) is 10.1 Å². The Hall–Kier alpha value is -0.680. The Morgan fingerprint density at radius 2 is 2.13 bits per heavy atom. The van der Waals surface area contributed by atoms with E-state index in [1.165, 1.54) is 14.0 Å². The fraction of sp³-hybridized carbons (Fsp3) is 0.895. The molecule has 3 fully saturated rings. The van der Waals surface area contributed by atoms with Crippen LogP contribution in [0.4, 0.5) is 0 Å². The molecule has 2 saturated heterocycles. The van der Waals surface area contributed by atoms with Gasteiger partial charge in [-0.25, -0.2) is 4.99 Å². The van der Waals surface area contributed by atoms with E-state index in [-0.39, 0.29) is 28.8 Å². The van der Waals surface area contributed by atoms with Crippen LogP contribution >= 0.6 is 23.2 Å². The van der Waals surface area contributed by atoms with Crippen LogP contribution < -0.4 is 5.32 Å². The van der Waals surface area contributed by atoms with E-state index in [1.54, 1.807) is 6.34 Å². The van der Waals surface area contributed by atoms with Gasteiger partial charge >= 0.3 is 0 Å². The average Bonchev–Trinajstić information content (AvgIpc) is 3.24. The maximum Gasteiger partial charge on any atom is 0.175 e. The second kappa shape index (κ2) is 8.69. The molecule has 9 nitrogen and oxygen atoms in total. The van der Waals surface area contributed by atoms with Crippen molar-refractivity contribution in [2.45, 2.75) is 79.7 Å². The number of aliphatic hydroxyl groups is 3. The molecule has 3 heterocycles. The fourth-order valence-corrected chi connectivity index (χ4v) is 5.80. The van der Waals surface area contributed by atoms with E-state index in [1.807, 2.05) is 4.90 Å². The third-order valence-corrected chi connectivity index (χ3v) is 8.11. The van der Waals surface area contributed by atoms with Crippen LogP contribution in [-0.2, 0) is 9.57 Å². The molecule has 170 valence electrons. The Labute approximate surface area is 186 Å². The van der Waals surface area contributed by atoms with Gasteiger partial charge in [0.05, 0.1) is 29.9 Å². The summed E-state index contributed by atoms with van der Waals surface area (Å²) in [5.74, 6) is 0.387. The number of hydrogen-bond donors (Lipinski definition) is 4. The topological polar surface area (TPSA) is 119 Å². The zero-order valence-electron chi connectivity index (χ0n) is 17.1. The van der Waals surface area contributed by atoms with Crippen LogP contribution in [0, 0.1) is 11.8 Å². The number of amidine groups is 1. The molecule has 3 aliphatic heterocycles. The molecule has 30 heavy (non-hydrogen) atoms. The lowest BCUT2D eigenvalue weighted by Crippen LogP contribution is -2.57. The monoisotopic (exact) mass is 464 g/mol. The molecule has 10 atom stereocenters. The fourth-order valence-electron chi connectivity index (χ4n) is 5.22. The first-order chi connectivity index (χ1) is 14.3. The maximum absolute atomic E-state index is 11.1. The Morgan fingerprint density at radius 1 is 1.37 bits per heavy atom. The molecule has 0 aromatic rings. The summed E-state index contributed by atoms with van der Waals surface area (Å²) in [7, 11) is 1.47. The average molecular weight is 465 g/mol. The Kier molecular flexibility index (Phi) is 6.52. The summed E-state index contributed by atoms with van der Waals surface area (Å²) in [4.78, 5) is 11.1. The summed E-state index contributed by atoms with van der Waals surface area (Å²) < 4.78 is 6.14. The molecule has 4 rings (SSSR count). The maximum atomic E-state index is 11.1. The molecule has 1 saturated carbocycles. The molecule has 1 aliphatic carbocycles. The highest BCUT2D eigenvalue weighted by atomic mass is 35.5. The number of halogens is 2. The number of rotatable bonds is 4. The smallest absolute Gasteiger partial charge is 0.175 e. The molecule has 0 aromatic heterocycles. The second-order valence-corrected chi connectivity index (χ2v) is 9.97. The van der Waals surface area contributed by atoms with Gasteiger partial charge in [-0.3, -0.25) is 4.90 Å². The minimum absolute atomic E-state index is 0.0318. The lowest BCUT2D eigenvalue weighted by Gasteiger charge is -2.37. The predicted octanol–water partition coefficient (Wildman–Crippen LogP) is 0.438. The van der Waals surface area contributed by atoms with Gasteiger partial charge in [0.15, 0.2) is 5.84 Å². The van der Waals surface area contributed by atoms with Crippen molar-refractivity contribution >= 4 is 35.4 Å². The first kappa shape index (κ1) is 22.5. The van der Waals surface area contributed by atoms with Crippen LogP contribution in [0.3, 0.4) is 0 Å². The molecule has 0 spiro atoms. The first-order valence-electron chi connectivity index (χ1n) is 10.4. The number of aliphatic imine (C=N–C) groups is 1. The van der Waals surface area contributed by atoms with Gasteiger partial charge in [-0.05, 0) is 38.5 Å². The van der Waals surface area contributed by atoms with Crippen molar-refractivity contribution in [2.75, 3.05) is 13.7 Å². The molecule has 0 amide bonds. The lowest BCUT2D eigenvalue weighted by atomic mass is 9.78. The van der Waals surface area contributed by atoms with Gasteiger partial charge in [0.1, 0.15) is 31.1 Å². The van der Waals surface area contributed by atoms with Crippen LogP contribution in [0.25, 0.3) is 0 Å². The summed E-state index contributed by atoms with van der Waals surface area (Å²) in [5.41, 5.74) is -1.62. The Balaban J connectivity index is 1.50. The van der Waals surface area contributed by atoms with E-state index in [2.05, 4.69) is 15.5 Å². The number of alkyl halides is 2. The predicted molar refractivity (Wildman–Crippen MR) is 113 cm³/mol. The zero-order valence-corrected chi connectivity index (χ0v) is 18.6. The summed E-state index contributed by atoms with van der Waals surface area (Å²) >= 11 is 12.5. The number of likely N-dealkylation sites (tertiary alicyclic amines) is 1. The van der Waals surface area contributed by atoms with Gasteiger partial charge in [0.2, 0.25) is 0 Å². The van der Waals surface area contributed by atoms with Crippen molar-refractivity contribution < 1.29 is 24.9 Å². The van der Waals surface area contributed by atoms with Crippen LogP contribution in [0.5, 0.6) is 0 Å². The largest absolute Gasteiger partial charge is 0.398 e. The van der Waals surface area contributed by atoms with Gasteiger partial charge in [-0.1, -0.05) is 5.16 Å².